The summed E-state index contributed by atoms with van der Waals surface area (Å²) in [5.74, 6) is -0.429. The number of nitrogens with zero attached hydrogens (tertiary/aromatic N) is 2. The first-order chi connectivity index (χ1) is 21.4. The summed E-state index contributed by atoms with van der Waals surface area (Å²) in [6.45, 7) is 4.19. The smallest absolute Gasteiger partial charge is 0.243 e. The number of benzene rings is 3. The Balaban J connectivity index is 1.61. The molecule has 0 spiro atoms. The van der Waals surface area contributed by atoms with E-state index in [-0.39, 0.29) is 43.8 Å². The fourth-order valence-electron chi connectivity index (χ4n) is 5.82. The zero-order chi connectivity index (χ0) is 32.6. The van der Waals surface area contributed by atoms with Gasteiger partial charge in [-0.25, -0.2) is 8.42 Å². The monoisotopic (exact) mass is 671 g/mol. The largest absolute Gasteiger partial charge is 0.352 e. The number of anilines is 1. The van der Waals surface area contributed by atoms with Crippen molar-refractivity contribution in [3.05, 3.63) is 99.0 Å². The molecule has 3 aromatic carbocycles. The van der Waals surface area contributed by atoms with Gasteiger partial charge >= 0.3 is 0 Å². The van der Waals surface area contributed by atoms with E-state index in [9.17, 15) is 18.0 Å². The summed E-state index contributed by atoms with van der Waals surface area (Å²) in [4.78, 5) is 29.7. The van der Waals surface area contributed by atoms with E-state index in [0.29, 0.717) is 22.2 Å². The molecule has 10 heteroatoms. The minimum atomic E-state index is -3.59. The van der Waals surface area contributed by atoms with E-state index in [0.717, 1.165) is 54.4 Å². The van der Waals surface area contributed by atoms with E-state index < -0.39 is 16.1 Å². The molecule has 2 amide bonds. The molecule has 0 saturated heterocycles. The second kappa shape index (κ2) is 16.0. The molecule has 0 unspecified atom stereocenters. The summed E-state index contributed by atoms with van der Waals surface area (Å²) in [7, 11) is -3.59. The maximum atomic E-state index is 14.1. The predicted molar refractivity (Wildman–Crippen MR) is 183 cm³/mol. The second-order valence-electron chi connectivity index (χ2n) is 12.0. The first-order valence-electron chi connectivity index (χ1n) is 15.5. The number of halogens is 2. The van der Waals surface area contributed by atoms with Gasteiger partial charge in [0.15, 0.2) is 0 Å². The lowest BCUT2D eigenvalue weighted by Gasteiger charge is -2.34. The van der Waals surface area contributed by atoms with Gasteiger partial charge in [0, 0.05) is 32.0 Å². The molecule has 0 heterocycles. The van der Waals surface area contributed by atoms with Crippen molar-refractivity contribution in [3.8, 4) is 0 Å². The van der Waals surface area contributed by atoms with E-state index in [4.69, 9.17) is 23.2 Å². The molecule has 7 nitrogen and oxygen atoms in total. The van der Waals surface area contributed by atoms with Gasteiger partial charge in [0.05, 0.1) is 22.0 Å². The van der Waals surface area contributed by atoms with Crippen LogP contribution in [-0.2, 0) is 32.6 Å². The molecular weight excluding hydrogens is 629 g/mol. The number of aryl methyl sites for hydroxylation is 2. The van der Waals surface area contributed by atoms with Crippen LogP contribution < -0.4 is 9.62 Å². The molecule has 1 aliphatic rings. The molecule has 0 bridgehead atoms. The molecule has 0 aromatic heterocycles. The van der Waals surface area contributed by atoms with Gasteiger partial charge in [-0.2, -0.15) is 0 Å². The zero-order valence-corrected chi connectivity index (χ0v) is 28.6. The van der Waals surface area contributed by atoms with Crippen LogP contribution in [0.4, 0.5) is 5.69 Å². The number of hydrogen-bond donors (Lipinski definition) is 1. The lowest BCUT2D eigenvalue weighted by molar-refractivity contribution is -0.141. The van der Waals surface area contributed by atoms with Gasteiger partial charge in [-0.1, -0.05) is 84.9 Å². The quantitative estimate of drug-likeness (QED) is 0.207. The van der Waals surface area contributed by atoms with Gasteiger partial charge in [0.1, 0.15) is 6.04 Å². The Hall–Kier alpha value is -3.07. The van der Waals surface area contributed by atoms with Crippen LogP contribution in [0.25, 0.3) is 0 Å². The molecular formula is C35H43Cl2N3O4S. The van der Waals surface area contributed by atoms with Crippen molar-refractivity contribution in [3.63, 3.8) is 0 Å². The molecule has 0 radical (unpaired) electrons. The van der Waals surface area contributed by atoms with Crippen LogP contribution in [-0.4, -0.2) is 50.0 Å². The molecule has 1 saturated carbocycles. The second-order valence-corrected chi connectivity index (χ2v) is 14.7. The Bertz CT molecular complexity index is 1580. The summed E-state index contributed by atoms with van der Waals surface area (Å²) >= 11 is 12.5. The molecule has 3 aromatic rings. The standard InChI is InChI=1S/C35H43Cl2N3O4S/c1-25-16-18-30(21-26(25)2)40(45(3,43)44)20-10-15-34(41)39(24-28-17-19-31(36)32(37)22-28)33(23-27-11-6-4-7-12-27)35(42)38-29-13-8-5-9-14-29/h4,6-7,11-12,16-19,21-22,29,33H,5,8-10,13-15,20,23-24H2,1-3H3,(H,38,42)/t33-/m0/s1. The fourth-order valence-corrected chi connectivity index (χ4v) is 7.10. The van der Waals surface area contributed by atoms with Gasteiger partial charge in [-0.05, 0) is 79.6 Å². The number of carbonyl (C=O) groups excluding carboxylic acids is 2. The van der Waals surface area contributed by atoms with Gasteiger partial charge in [-0.15, -0.1) is 0 Å². The summed E-state index contributed by atoms with van der Waals surface area (Å²) in [6.07, 6.45) is 6.98. The molecule has 1 N–H and O–H groups in total. The average molecular weight is 673 g/mol. The van der Waals surface area contributed by atoms with Crippen molar-refractivity contribution in [1.29, 1.82) is 0 Å². The SMILES string of the molecule is Cc1ccc(N(CCCC(=O)N(Cc2ccc(Cl)c(Cl)c2)[C@@H](Cc2ccccc2)C(=O)NC2CCCCC2)S(C)(=O)=O)cc1C. The van der Waals surface area contributed by atoms with Crippen molar-refractivity contribution in [2.45, 2.75) is 83.8 Å². The van der Waals surface area contributed by atoms with Crippen molar-refractivity contribution >= 4 is 50.7 Å². The summed E-state index contributed by atoms with van der Waals surface area (Å²) in [5.41, 5.74) is 4.30. The highest BCUT2D eigenvalue weighted by atomic mass is 35.5. The number of hydrogen-bond acceptors (Lipinski definition) is 4. The third kappa shape index (κ3) is 9.96. The molecule has 1 atom stereocenters. The van der Waals surface area contributed by atoms with Crippen LogP contribution in [0.2, 0.25) is 10.0 Å². The van der Waals surface area contributed by atoms with E-state index in [1.807, 2.05) is 56.3 Å². The van der Waals surface area contributed by atoms with Gasteiger partial charge in [0.25, 0.3) is 0 Å². The third-order valence-electron chi connectivity index (χ3n) is 8.49. The molecule has 45 heavy (non-hydrogen) atoms. The van der Waals surface area contributed by atoms with Crippen LogP contribution in [0.15, 0.2) is 66.7 Å². The molecule has 1 fully saturated rings. The average Bonchev–Trinajstić information content (AvgIpc) is 3.00. The lowest BCUT2D eigenvalue weighted by atomic mass is 9.94. The highest BCUT2D eigenvalue weighted by Crippen LogP contribution is 2.26. The first kappa shape index (κ1) is 34.8. The number of rotatable bonds is 13. The minimum absolute atomic E-state index is 0.0557. The molecule has 4 rings (SSSR count). The van der Waals surface area contributed by atoms with E-state index >= 15 is 0 Å². The lowest BCUT2D eigenvalue weighted by Crippen LogP contribution is -2.52. The van der Waals surface area contributed by atoms with Crippen LogP contribution in [0.5, 0.6) is 0 Å². The van der Waals surface area contributed by atoms with Crippen LogP contribution >= 0.6 is 23.2 Å². The Kier molecular flexibility index (Phi) is 12.3. The van der Waals surface area contributed by atoms with E-state index in [2.05, 4.69) is 5.32 Å². The van der Waals surface area contributed by atoms with Crippen molar-refractivity contribution in [2.24, 2.45) is 0 Å². The summed E-state index contributed by atoms with van der Waals surface area (Å²) in [5, 5.41) is 4.01. The number of amides is 2. The van der Waals surface area contributed by atoms with E-state index in [1.54, 1.807) is 29.2 Å². The maximum absolute atomic E-state index is 14.1. The topological polar surface area (TPSA) is 86.8 Å². The predicted octanol–water partition coefficient (Wildman–Crippen LogP) is 7.25. The number of nitrogens with one attached hydrogen (secondary N) is 1. The van der Waals surface area contributed by atoms with Crippen LogP contribution in [0, 0.1) is 13.8 Å². The van der Waals surface area contributed by atoms with E-state index in [1.165, 1.54) is 10.6 Å². The highest BCUT2D eigenvalue weighted by Gasteiger charge is 2.32. The molecule has 242 valence electrons. The highest BCUT2D eigenvalue weighted by molar-refractivity contribution is 7.92. The Morgan fingerprint density at radius 3 is 2.24 bits per heavy atom. The first-order valence-corrected chi connectivity index (χ1v) is 18.2. The molecule has 1 aliphatic carbocycles. The summed E-state index contributed by atoms with van der Waals surface area (Å²) in [6, 6.07) is 19.7. The zero-order valence-electron chi connectivity index (χ0n) is 26.3. The van der Waals surface area contributed by atoms with Crippen LogP contribution in [0.1, 0.15) is 67.2 Å². The van der Waals surface area contributed by atoms with Crippen molar-refractivity contribution in [2.75, 3.05) is 17.1 Å². The van der Waals surface area contributed by atoms with Gasteiger partial charge < -0.3 is 10.2 Å². The Morgan fingerprint density at radius 1 is 0.889 bits per heavy atom. The van der Waals surface area contributed by atoms with Gasteiger partial charge in [0.2, 0.25) is 21.8 Å². The molecule has 0 aliphatic heterocycles. The summed E-state index contributed by atoms with van der Waals surface area (Å²) < 4.78 is 26.9. The Morgan fingerprint density at radius 2 is 1.60 bits per heavy atom. The van der Waals surface area contributed by atoms with Crippen molar-refractivity contribution < 1.29 is 18.0 Å². The minimum Gasteiger partial charge on any atom is -0.352 e. The van der Waals surface area contributed by atoms with Crippen LogP contribution in [0.3, 0.4) is 0 Å². The normalized spacial score (nSPS) is 14.5. The fraction of sp³-hybridized carbons (Fsp3) is 0.429. The third-order valence-corrected chi connectivity index (χ3v) is 10.4. The Labute approximate surface area is 278 Å². The maximum Gasteiger partial charge on any atom is 0.243 e. The number of carbonyl (C=O) groups is 2. The van der Waals surface area contributed by atoms with Crippen molar-refractivity contribution in [1.82, 2.24) is 10.2 Å². The van der Waals surface area contributed by atoms with Gasteiger partial charge in [-0.3, -0.25) is 13.9 Å². The number of sulfonamides is 1.